The van der Waals surface area contributed by atoms with E-state index in [2.05, 4.69) is 5.32 Å². The molecular formula is C10H15NO5. The molecule has 0 aromatic heterocycles. The first-order valence-electron chi connectivity index (χ1n) is 5.20. The van der Waals surface area contributed by atoms with Gasteiger partial charge in [0, 0.05) is 12.8 Å². The van der Waals surface area contributed by atoms with Crippen LogP contribution >= 0.6 is 0 Å². The maximum atomic E-state index is 11.7. The minimum atomic E-state index is -1.13. The Bertz CT molecular complexity index is 314. The largest absolute Gasteiger partial charge is 0.481 e. The smallest absolute Gasteiger partial charge is 0.331 e. The number of carboxylic acids is 1. The summed E-state index contributed by atoms with van der Waals surface area (Å²) in [6.45, 7) is 1.88. The highest BCUT2D eigenvalue weighted by Gasteiger charge is 2.45. The molecule has 1 unspecified atom stereocenters. The zero-order chi connectivity index (χ0) is 12.2. The number of esters is 1. The fraction of sp³-hybridized carbons (Fsp3) is 0.700. The van der Waals surface area contributed by atoms with Crippen LogP contribution in [0.2, 0.25) is 0 Å². The van der Waals surface area contributed by atoms with Crippen LogP contribution in [-0.4, -0.2) is 35.1 Å². The molecule has 0 aliphatic carbocycles. The Morgan fingerprint density at radius 1 is 1.56 bits per heavy atom. The number of rotatable bonds is 5. The molecule has 2 N–H and O–H groups in total. The second kappa shape index (κ2) is 4.96. The van der Waals surface area contributed by atoms with Gasteiger partial charge in [0.2, 0.25) is 5.91 Å². The summed E-state index contributed by atoms with van der Waals surface area (Å²) < 4.78 is 4.86. The predicted octanol–water partition coefficient (Wildman–Crippen LogP) is 0.0631. The highest BCUT2D eigenvalue weighted by atomic mass is 16.5. The van der Waals surface area contributed by atoms with Gasteiger partial charge in [0.25, 0.3) is 0 Å². The lowest BCUT2D eigenvalue weighted by Crippen LogP contribution is -2.50. The van der Waals surface area contributed by atoms with E-state index in [0.717, 1.165) is 0 Å². The number of carbonyl (C=O) groups excluding carboxylic acids is 2. The number of amides is 1. The quantitative estimate of drug-likeness (QED) is 0.650. The van der Waals surface area contributed by atoms with Crippen molar-refractivity contribution >= 4 is 17.8 Å². The van der Waals surface area contributed by atoms with Gasteiger partial charge in [-0.15, -0.1) is 0 Å². The first-order chi connectivity index (χ1) is 7.50. The Labute approximate surface area is 93.0 Å². The molecule has 0 radical (unpaired) electrons. The van der Waals surface area contributed by atoms with Crippen molar-refractivity contribution < 1.29 is 24.2 Å². The van der Waals surface area contributed by atoms with Crippen molar-refractivity contribution in [2.45, 2.75) is 38.1 Å². The van der Waals surface area contributed by atoms with Crippen molar-refractivity contribution in [3.05, 3.63) is 0 Å². The maximum Gasteiger partial charge on any atom is 0.331 e. The molecule has 1 aliphatic rings. The Kier molecular flexibility index (Phi) is 3.87. The van der Waals surface area contributed by atoms with Gasteiger partial charge in [0.1, 0.15) is 5.54 Å². The van der Waals surface area contributed by atoms with E-state index in [9.17, 15) is 14.4 Å². The van der Waals surface area contributed by atoms with E-state index in [1.165, 1.54) is 0 Å². The third-order valence-electron chi connectivity index (χ3n) is 2.59. The summed E-state index contributed by atoms with van der Waals surface area (Å²) in [6, 6.07) is 0. The van der Waals surface area contributed by atoms with Gasteiger partial charge in [-0.05, 0) is 19.8 Å². The van der Waals surface area contributed by atoms with Crippen molar-refractivity contribution in [2.24, 2.45) is 0 Å². The van der Waals surface area contributed by atoms with Crippen molar-refractivity contribution in [1.29, 1.82) is 0 Å². The maximum absolute atomic E-state index is 11.7. The standard InChI is InChI=1S/C10H15NO5/c1-2-16-9(15)10(6-4-8(13)14)5-3-7(12)11-10/h2-6H2,1H3,(H,11,12)(H,13,14). The highest BCUT2D eigenvalue weighted by molar-refractivity contribution is 5.92. The SMILES string of the molecule is CCOC(=O)C1(CCC(=O)O)CCC(=O)N1. The van der Waals surface area contributed by atoms with Crippen molar-refractivity contribution in [1.82, 2.24) is 5.32 Å². The molecule has 0 aromatic rings. The molecule has 0 aromatic carbocycles. The summed E-state index contributed by atoms with van der Waals surface area (Å²) in [5.41, 5.74) is -1.13. The third-order valence-corrected chi connectivity index (χ3v) is 2.59. The van der Waals surface area contributed by atoms with E-state index < -0.39 is 17.5 Å². The van der Waals surface area contributed by atoms with Crippen LogP contribution in [0.3, 0.4) is 0 Å². The topological polar surface area (TPSA) is 92.7 Å². The Morgan fingerprint density at radius 3 is 2.69 bits per heavy atom. The van der Waals surface area contributed by atoms with Crippen LogP contribution < -0.4 is 5.32 Å². The predicted molar refractivity (Wildman–Crippen MR) is 53.6 cm³/mol. The number of carboxylic acid groups (broad SMARTS) is 1. The average molecular weight is 229 g/mol. The van der Waals surface area contributed by atoms with Crippen LogP contribution in [-0.2, 0) is 19.1 Å². The molecule has 1 saturated heterocycles. The molecule has 1 fully saturated rings. The van der Waals surface area contributed by atoms with Gasteiger partial charge in [0.15, 0.2) is 0 Å². The molecular weight excluding hydrogens is 214 g/mol. The first-order valence-corrected chi connectivity index (χ1v) is 5.20. The monoisotopic (exact) mass is 229 g/mol. The molecule has 1 atom stereocenters. The summed E-state index contributed by atoms with van der Waals surface area (Å²) in [4.78, 5) is 33.3. The lowest BCUT2D eigenvalue weighted by molar-refractivity contribution is -0.152. The van der Waals surface area contributed by atoms with E-state index >= 15 is 0 Å². The van der Waals surface area contributed by atoms with Crippen LogP contribution in [0.1, 0.15) is 32.6 Å². The molecule has 90 valence electrons. The first kappa shape index (κ1) is 12.5. The summed E-state index contributed by atoms with van der Waals surface area (Å²) in [5, 5.41) is 11.1. The van der Waals surface area contributed by atoms with Crippen LogP contribution in [0.4, 0.5) is 0 Å². The van der Waals surface area contributed by atoms with Crippen LogP contribution in [0.5, 0.6) is 0 Å². The molecule has 1 rings (SSSR count). The molecule has 16 heavy (non-hydrogen) atoms. The molecule has 1 heterocycles. The zero-order valence-corrected chi connectivity index (χ0v) is 9.12. The molecule has 1 amide bonds. The fourth-order valence-corrected chi connectivity index (χ4v) is 1.75. The van der Waals surface area contributed by atoms with Crippen molar-refractivity contribution in [3.8, 4) is 0 Å². The van der Waals surface area contributed by atoms with Crippen LogP contribution in [0.25, 0.3) is 0 Å². The lowest BCUT2D eigenvalue weighted by Gasteiger charge is -2.25. The van der Waals surface area contributed by atoms with Gasteiger partial charge in [0.05, 0.1) is 6.61 Å². The van der Waals surface area contributed by atoms with E-state index in [0.29, 0.717) is 6.42 Å². The van der Waals surface area contributed by atoms with Crippen molar-refractivity contribution in [3.63, 3.8) is 0 Å². The van der Waals surface area contributed by atoms with Crippen LogP contribution in [0, 0.1) is 0 Å². The van der Waals surface area contributed by atoms with Gasteiger partial charge in [-0.2, -0.15) is 0 Å². The molecule has 0 saturated carbocycles. The van der Waals surface area contributed by atoms with Gasteiger partial charge >= 0.3 is 11.9 Å². The van der Waals surface area contributed by atoms with E-state index in [1.807, 2.05) is 0 Å². The number of nitrogens with one attached hydrogen (secondary N) is 1. The molecule has 1 aliphatic heterocycles. The Balaban J connectivity index is 2.72. The summed E-state index contributed by atoms with van der Waals surface area (Å²) in [6.07, 6.45) is 0.447. The summed E-state index contributed by atoms with van der Waals surface area (Å²) >= 11 is 0. The number of ether oxygens (including phenoxy) is 1. The normalized spacial score (nSPS) is 23.9. The highest BCUT2D eigenvalue weighted by Crippen LogP contribution is 2.27. The Morgan fingerprint density at radius 2 is 2.25 bits per heavy atom. The van der Waals surface area contributed by atoms with Gasteiger partial charge in [-0.1, -0.05) is 0 Å². The van der Waals surface area contributed by atoms with Gasteiger partial charge in [-0.3, -0.25) is 9.59 Å². The summed E-state index contributed by atoms with van der Waals surface area (Å²) in [5.74, 6) is -1.77. The van der Waals surface area contributed by atoms with Crippen LogP contribution in [0.15, 0.2) is 0 Å². The number of hydrogen-bond donors (Lipinski definition) is 2. The summed E-state index contributed by atoms with van der Waals surface area (Å²) in [7, 11) is 0. The Hall–Kier alpha value is -1.59. The third kappa shape index (κ3) is 2.71. The van der Waals surface area contributed by atoms with Gasteiger partial charge < -0.3 is 15.2 Å². The second-order valence-electron chi connectivity index (χ2n) is 3.74. The number of carbonyl (C=O) groups is 3. The fourth-order valence-electron chi connectivity index (χ4n) is 1.75. The number of hydrogen-bond acceptors (Lipinski definition) is 4. The number of aliphatic carboxylic acids is 1. The zero-order valence-electron chi connectivity index (χ0n) is 9.12. The minimum Gasteiger partial charge on any atom is -0.481 e. The van der Waals surface area contributed by atoms with E-state index in [4.69, 9.17) is 9.84 Å². The second-order valence-corrected chi connectivity index (χ2v) is 3.74. The lowest BCUT2D eigenvalue weighted by atomic mass is 9.92. The van der Waals surface area contributed by atoms with Gasteiger partial charge in [-0.25, -0.2) is 4.79 Å². The van der Waals surface area contributed by atoms with E-state index in [1.54, 1.807) is 6.92 Å². The van der Waals surface area contributed by atoms with E-state index in [-0.39, 0.29) is 31.8 Å². The average Bonchev–Trinajstić information content (AvgIpc) is 2.59. The molecule has 6 heteroatoms. The molecule has 6 nitrogen and oxygen atoms in total. The molecule has 0 bridgehead atoms. The minimum absolute atomic E-state index is 0.0763. The molecule has 0 spiro atoms. The van der Waals surface area contributed by atoms with Crippen molar-refractivity contribution in [2.75, 3.05) is 6.61 Å².